The van der Waals surface area contributed by atoms with E-state index in [2.05, 4.69) is 10.4 Å². The molecule has 0 saturated heterocycles. The van der Waals surface area contributed by atoms with Crippen LogP contribution < -0.4 is 11.1 Å². The summed E-state index contributed by atoms with van der Waals surface area (Å²) in [5, 5.41) is 6.82. The molecule has 2 rings (SSSR count). The van der Waals surface area contributed by atoms with Gasteiger partial charge in [0.15, 0.2) is 5.69 Å². The molecule has 0 aliphatic heterocycles. The van der Waals surface area contributed by atoms with Crippen molar-refractivity contribution < 1.29 is 9.18 Å². The standard InChI is InChI=1S/C14H17FN4O/c1-2-19-9-12(16)13(18-19)14(20)17-7-6-10-4-3-5-11(15)8-10/h3-5,8-9H,2,6-7,16H2,1H3,(H,17,20). The number of hydrogen-bond acceptors (Lipinski definition) is 3. The SMILES string of the molecule is CCn1cc(N)c(C(=O)NCCc2cccc(F)c2)n1. The number of anilines is 1. The lowest BCUT2D eigenvalue weighted by Gasteiger charge is -2.04. The van der Waals surface area contributed by atoms with Crippen molar-refractivity contribution in [1.29, 1.82) is 0 Å². The molecule has 0 fully saturated rings. The Hall–Kier alpha value is -2.37. The van der Waals surface area contributed by atoms with Crippen molar-refractivity contribution in [3.63, 3.8) is 0 Å². The van der Waals surface area contributed by atoms with Gasteiger partial charge in [-0.25, -0.2) is 4.39 Å². The summed E-state index contributed by atoms with van der Waals surface area (Å²) in [6.07, 6.45) is 2.18. The maximum Gasteiger partial charge on any atom is 0.273 e. The van der Waals surface area contributed by atoms with Crippen molar-refractivity contribution >= 4 is 11.6 Å². The van der Waals surface area contributed by atoms with Crippen LogP contribution in [0.1, 0.15) is 23.0 Å². The summed E-state index contributed by atoms with van der Waals surface area (Å²) in [7, 11) is 0. The van der Waals surface area contributed by atoms with Gasteiger partial charge >= 0.3 is 0 Å². The molecule has 0 bridgehead atoms. The highest BCUT2D eigenvalue weighted by Crippen LogP contribution is 2.09. The van der Waals surface area contributed by atoms with Crippen LogP contribution in [0.5, 0.6) is 0 Å². The van der Waals surface area contributed by atoms with E-state index in [-0.39, 0.29) is 17.4 Å². The number of carbonyl (C=O) groups is 1. The van der Waals surface area contributed by atoms with Crippen molar-refractivity contribution in [1.82, 2.24) is 15.1 Å². The highest BCUT2D eigenvalue weighted by atomic mass is 19.1. The molecule has 6 heteroatoms. The first-order valence-electron chi connectivity index (χ1n) is 6.45. The minimum atomic E-state index is -0.314. The third-order valence-corrected chi connectivity index (χ3v) is 2.92. The Morgan fingerprint density at radius 3 is 2.95 bits per heavy atom. The van der Waals surface area contributed by atoms with Crippen LogP contribution in [0, 0.1) is 5.82 Å². The highest BCUT2D eigenvalue weighted by molar-refractivity contribution is 5.96. The van der Waals surface area contributed by atoms with Crippen LogP contribution in [0.4, 0.5) is 10.1 Å². The fourth-order valence-electron chi connectivity index (χ4n) is 1.87. The van der Waals surface area contributed by atoms with Gasteiger partial charge in [0.25, 0.3) is 5.91 Å². The Kier molecular flexibility index (Phi) is 4.34. The van der Waals surface area contributed by atoms with Crippen LogP contribution in [-0.4, -0.2) is 22.2 Å². The molecule has 1 aromatic heterocycles. The van der Waals surface area contributed by atoms with Gasteiger partial charge in [0.05, 0.1) is 5.69 Å². The predicted molar refractivity (Wildman–Crippen MR) is 74.8 cm³/mol. The molecule has 0 atom stereocenters. The Labute approximate surface area is 116 Å². The largest absolute Gasteiger partial charge is 0.396 e. The van der Waals surface area contributed by atoms with Gasteiger partial charge in [-0.15, -0.1) is 0 Å². The maximum absolute atomic E-state index is 13.0. The quantitative estimate of drug-likeness (QED) is 0.871. The molecule has 2 aromatic rings. The van der Waals surface area contributed by atoms with Gasteiger partial charge in [0, 0.05) is 19.3 Å². The molecule has 0 saturated carbocycles. The number of nitrogens with zero attached hydrogens (tertiary/aromatic N) is 2. The predicted octanol–water partition coefficient (Wildman–Crippen LogP) is 1.60. The zero-order valence-electron chi connectivity index (χ0n) is 11.3. The average Bonchev–Trinajstić information content (AvgIpc) is 2.80. The van der Waals surface area contributed by atoms with Crippen LogP contribution in [0.2, 0.25) is 0 Å². The second-order valence-corrected chi connectivity index (χ2v) is 4.42. The number of nitrogen functional groups attached to an aromatic ring is 1. The first-order valence-corrected chi connectivity index (χ1v) is 6.45. The van der Waals surface area contributed by atoms with Crippen molar-refractivity contribution in [2.24, 2.45) is 0 Å². The molecule has 1 heterocycles. The first-order chi connectivity index (χ1) is 9.60. The Morgan fingerprint density at radius 2 is 2.30 bits per heavy atom. The normalized spacial score (nSPS) is 10.5. The zero-order valence-corrected chi connectivity index (χ0v) is 11.3. The van der Waals surface area contributed by atoms with E-state index < -0.39 is 0 Å². The molecule has 1 amide bonds. The molecule has 0 unspecified atom stereocenters. The van der Waals surface area contributed by atoms with Crippen LogP contribution in [0.15, 0.2) is 30.5 Å². The van der Waals surface area contributed by atoms with Gasteiger partial charge < -0.3 is 11.1 Å². The number of amides is 1. The zero-order chi connectivity index (χ0) is 14.5. The number of carbonyl (C=O) groups excluding carboxylic acids is 1. The van der Waals surface area contributed by atoms with Gasteiger partial charge in [-0.3, -0.25) is 9.48 Å². The molecule has 0 aliphatic rings. The number of nitrogens with two attached hydrogens (primary N) is 1. The van der Waals surface area contributed by atoms with Crippen molar-refractivity contribution in [2.75, 3.05) is 12.3 Å². The summed E-state index contributed by atoms with van der Waals surface area (Å²) in [6, 6.07) is 6.30. The fraction of sp³-hybridized carbons (Fsp3) is 0.286. The maximum atomic E-state index is 13.0. The number of benzene rings is 1. The third-order valence-electron chi connectivity index (χ3n) is 2.92. The van der Waals surface area contributed by atoms with Crippen molar-refractivity contribution in [3.05, 3.63) is 47.5 Å². The summed E-state index contributed by atoms with van der Waals surface area (Å²) in [4.78, 5) is 11.9. The van der Waals surface area contributed by atoms with Crippen molar-refractivity contribution in [2.45, 2.75) is 19.9 Å². The molecule has 1 aromatic carbocycles. The molecule has 0 radical (unpaired) electrons. The fourth-order valence-corrected chi connectivity index (χ4v) is 1.87. The van der Waals surface area contributed by atoms with E-state index in [1.54, 1.807) is 16.9 Å². The molecule has 5 nitrogen and oxygen atoms in total. The van der Waals surface area contributed by atoms with Crippen LogP contribution >= 0.6 is 0 Å². The lowest BCUT2D eigenvalue weighted by atomic mass is 10.1. The minimum absolute atomic E-state index is 0.228. The van der Waals surface area contributed by atoms with E-state index in [0.717, 1.165) is 5.56 Å². The second kappa shape index (κ2) is 6.18. The number of nitrogens with one attached hydrogen (secondary N) is 1. The summed E-state index contributed by atoms with van der Waals surface area (Å²) in [5.41, 5.74) is 7.14. The lowest BCUT2D eigenvalue weighted by molar-refractivity contribution is 0.0949. The van der Waals surface area contributed by atoms with E-state index in [1.165, 1.54) is 12.1 Å². The molecule has 0 spiro atoms. The molecule has 20 heavy (non-hydrogen) atoms. The molecule has 106 valence electrons. The molecule has 3 N–H and O–H groups in total. The summed E-state index contributed by atoms with van der Waals surface area (Å²) in [5.74, 6) is -0.592. The third kappa shape index (κ3) is 3.34. The number of rotatable bonds is 5. The van der Waals surface area contributed by atoms with E-state index in [9.17, 15) is 9.18 Å². The van der Waals surface area contributed by atoms with E-state index >= 15 is 0 Å². The van der Waals surface area contributed by atoms with Gasteiger partial charge in [0.1, 0.15) is 5.82 Å². The van der Waals surface area contributed by atoms with E-state index in [1.807, 2.05) is 13.0 Å². The van der Waals surface area contributed by atoms with Gasteiger partial charge in [-0.05, 0) is 31.0 Å². The summed E-state index contributed by atoms with van der Waals surface area (Å²) >= 11 is 0. The second-order valence-electron chi connectivity index (χ2n) is 4.42. The number of aryl methyl sites for hydroxylation is 1. The van der Waals surface area contributed by atoms with E-state index in [0.29, 0.717) is 25.2 Å². The smallest absolute Gasteiger partial charge is 0.273 e. The Balaban J connectivity index is 1.90. The van der Waals surface area contributed by atoms with Crippen molar-refractivity contribution in [3.8, 4) is 0 Å². The van der Waals surface area contributed by atoms with Gasteiger partial charge in [0.2, 0.25) is 0 Å². The molecular formula is C14H17FN4O. The summed E-state index contributed by atoms with van der Waals surface area (Å²) < 4.78 is 14.6. The Bertz CT molecular complexity index is 609. The first kappa shape index (κ1) is 14.0. The summed E-state index contributed by atoms with van der Waals surface area (Å²) in [6.45, 7) is 2.97. The number of hydrogen-bond donors (Lipinski definition) is 2. The van der Waals surface area contributed by atoms with E-state index in [4.69, 9.17) is 5.73 Å². The van der Waals surface area contributed by atoms with Crippen LogP contribution in [0.25, 0.3) is 0 Å². The van der Waals surface area contributed by atoms with Gasteiger partial charge in [-0.2, -0.15) is 5.10 Å². The van der Waals surface area contributed by atoms with Gasteiger partial charge in [-0.1, -0.05) is 12.1 Å². The monoisotopic (exact) mass is 276 g/mol. The molecule has 0 aliphatic carbocycles. The number of halogens is 1. The molecular weight excluding hydrogens is 259 g/mol. The van der Waals surface area contributed by atoms with Crippen LogP contribution in [0.3, 0.4) is 0 Å². The topological polar surface area (TPSA) is 72.9 Å². The highest BCUT2D eigenvalue weighted by Gasteiger charge is 2.13. The van der Waals surface area contributed by atoms with Crippen LogP contribution in [-0.2, 0) is 13.0 Å². The average molecular weight is 276 g/mol. The number of aromatic nitrogens is 2. The Morgan fingerprint density at radius 1 is 1.50 bits per heavy atom. The minimum Gasteiger partial charge on any atom is -0.396 e. The lowest BCUT2D eigenvalue weighted by Crippen LogP contribution is -2.27.